The highest BCUT2D eigenvalue weighted by molar-refractivity contribution is 5.87. The first-order valence-corrected chi connectivity index (χ1v) is 3.62. The van der Waals surface area contributed by atoms with Crippen molar-refractivity contribution >= 4 is 10.9 Å². The van der Waals surface area contributed by atoms with Crippen molar-refractivity contribution in [3.63, 3.8) is 0 Å². The Hall–Kier alpha value is -2.02. The van der Waals surface area contributed by atoms with Crippen LogP contribution in [0.3, 0.4) is 0 Å². The summed E-state index contributed by atoms with van der Waals surface area (Å²) in [5.74, 6) is -0.691. The van der Waals surface area contributed by atoms with E-state index in [4.69, 9.17) is 5.26 Å². The van der Waals surface area contributed by atoms with Crippen LogP contribution in [0.15, 0.2) is 18.2 Å². The number of halogens is 1. The maximum atomic E-state index is 12.7. The van der Waals surface area contributed by atoms with E-state index in [0.29, 0.717) is 16.6 Å². The average molecular weight is 176 g/mol. The molecule has 0 saturated heterocycles. The molecular weight excluding hydrogens is 171 g/mol. The number of phenols is 1. The zero-order chi connectivity index (χ0) is 9.42. The number of phenolic OH excluding ortho intramolecular Hbond substituents is 1. The Labute approximate surface area is 73.0 Å². The Bertz CT molecular complexity index is 510. The topological polar surface area (TPSA) is 59.8 Å². The monoisotopic (exact) mass is 176 g/mol. The maximum Gasteiger partial charge on any atom is 0.129 e. The van der Waals surface area contributed by atoms with Gasteiger partial charge in [-0.15, -0.1) is 0 Å². The van der Waals surface area contributed by atoms with Crippen molar-refractivity contribution in [3.8, 4) is 11.8 Å². The minimum atomic E-state index is -0.531. The van der Waals surface area contributed by atoms with Crippen LogP contribution in [-0.2, 0) is 0 Å². The Morgan fingerprint density at radius 1 is 1.38 bits per heavy atom. The standard InChI is InChI=1S/C9H5FN2O/c10-5-1-8-7(9(13)2-5)3-6(4-11)12-8/h1-3,12-13H. The average Bonchev–Trinajstić information content (AvgIpc) is 2.47. The van der Waals surface area contributed by atoms with Crippen molar-refractivity contribution in [3.05, 3.63) is 29.7 Å². The minimum Gasteiger partial charge on any atom is -0.507 e. The summed E-state index contributed by atoms with van der Waals surface area (Å²) in [5.41, 5.74) is 0.727. The molecule has 0 atom stereocenters. The van der Waals surface area contributed by atoms with Gasteiger partial charge in [-0.1, -0.05) is 0 Å². The van der Waals surface area contributed by atoms with E-state index < -0.39 is 5.82 Å². The van der Waals surface area contributed by atoms with Crippen molar-refractivity contribution in [2.75, 3.05) is 0 Å². The summed E-state index contributed by atoms with van der Waals surface area (Å²) in [6, 6.07) is 5.59. The normalized spacial score (nSPS) is 10.2. The Morgan fingerprint density at radius 2 is 2.15 bits per heavy atom. The molecule has 0 aliphatic carbocycles. The lowest BCUT2D eigenvalue weighted by Gasteiger charge is -1.93. The van der Waals surface area contributed by atoms with E-state index in [2.05, 4.69) is 4.98 Å². The lowest BCUT2D eigenvalue weighted by atomic mass is 10.2. The van der Waals surface area contributed by atoms with Crippen molar-refractivity contribution in [1.82, 2.24) is 4.98 Å². The second-order valence-electron chi connectivity index (χ2n) is 2.68. The van der Waals surface area contributed by atoms with Gasteiger partial charge in [-0.25, -0.2) is 4.39 Å². The number of rotatable bonds is 0. The summed E-state index contributed by atoms with van der Waals surface area (Å²) in [6.07, 6.45) is 0. The summed E-state index contributed by atoms with van der Waals surface area (Å²) in [6.45, 7) is 0. The zero-order valence-corrected chi connectivity index (χ0v) is 6.50. The number of nitrogens with one attached hydrogen (secondary N) is 1. The number of aromatic nitrogens is 1. The molecule has 0 spiro atoms. The number of nitrogens with zero attached hydrogens (tertiary/aromatic N) is 1. The van der Waals surface area contributed by atoms with Gasteiger partial charge < -0.3 is 10.1 Å². The van der Waals surface area contributed by atoms with Crippen molar-refractivity contribution in [2.45, 2.75) is 0 Å². The molecule has 0 saturated carbocycles. The van der Waals surface area contributed by atoms with Gasteiger partial charge in [-0.05, 0) is 12.1 Å². The Balaban J connectivity index is 2.84. The third-order valence-electron chi connectivity index (χ3n) is 1.80. The van der Waals surface area contributed by atoms with Crippen LogP contribution in [0.1, 0.15) is 5.69 Å². The van der Waals surface area contributed by atoms with Crippen LogP contribution >= 0.6 is 0 Å². The molecule has 3 nitrogen and oxygen atoms in total. The quantitative estimate of drug-likeness (QED) is 0.643. The van der Waals surface area contributed by atoms with Crippen molar-refractivity contribution in [2.24, 2.45) is 0 Å². The molecule has 4 heteroatoms. The van der Waals surface area contributed by atoms with E-state index in [1.807, 2.05) is 6.07 Å². The highest BCUT2D eigenvalue weighted by Gasteiger charge is 2.06. The number of aromatic amines is 1. The highest BCUT2D eigenvalue weighted by Crippen LogP contribution is 2.26. The van der Waals surface area contributed by atoms with Crippen LogP contribution in [-0.4, -0.2) is 10.1 Å². The smallest absolute Gasteiger partial charge is 0.129 e. The third kappa shape index (κ3) is 1.11. The van der Waals surface area contributed by atoms with E-state index in [1.54, 1.807) is 0 Å². The first kappa shape index (κ1) is 7.62. The van der Waals surface area contributed by atoms with Crippen LogP contribution in [0.2, 0.25) is 0 Å². The van der Waals surface area contributed by atoms with Gasteiger partial charge in [0, 0.05) is 11.5 Å². The van der Waals surface area contributed by atoms with Gasteiger partial charge in [-0.3, -0.25) is 0 Å². The molecule has 64 valence electrons. The predicted octanol–water partition coefficient (Wildman–Crippen LogP) is 1.88. The number of H-pyrrole nitrogens is 1. The molecule has 2 rings (SSSR count). The fraction of sp³-hybridized carbons (Fsp3) is 0. The number of fused-ring (bicyclic) bond motifs is 1. The van der Waals surface area contributed by atoms with E-state index in [0.717, 1.165) is 6.07 Å². The summed E-state index contributed by atoms with van der Waals surface area (Å²) >= 11 is 0. The van der Waals surface area contributed by atoms with Crippen molar-refractivity contribution in [1.29, 1.82) is 5.26 Å². The summed E-state index contributed by atoms with van der Waals surface area (Å²) in [7, 11) is 0. The molecule has 1 aromatic carbocycles. The van der Waals surface area contributed by atoms with Gasteiger partial charge in [0.1, 0.15) is 23.3 Å². The van der Waals surface area contributed by atoms with Gasteiger partial charge >= 0.3 is 0 Å². The minimum absolute atomic E-state index is 0.159. The highest BCUT2D eigenvalue weighted by atomic mass is 19.1. The Kier molecular flexibility index (Phi) is 1.46. The molecule has 2 N–H and O–H groups in total. The summed E-state index contributed by atoms with van der Waals surface area (Å²) in [4.78, 5) is 2.67. The lowest BCUT2D eigenvalue weighted by Crippen LogP contribution is -1.75. The molecule has 0 aliphatic rings. The van der Waals surface area contributed by atoms with Crippen LogP contribution in [0.25, 0.3) is 10.9 Å². The molecule has 0 radical (unpaired) electrons. The van der Waals surface area contributed by atoms with Crippen LogP contribution in [0.5, 0.6) is 5.75 Å². The van der Waals surface area contributed by atoms with Gasteiger partial charge in [0.05, 0.1) is 5.52 Å². The zero-order valence-electron chi connectivity index (χ0n) is 6.50. The van der Waals surface area contributed by atoms with Gasteiger partial charge in [0.25, 0.3) is 0 Å². The van der Waals surface area contributed by atoms with Crippen LogP contribution < -0.4 is 0 Å². The van der Waals surface area contributed by atoms with E-state index in [-0.39, 0.29) is 5.75 Å². The van der Waals surface area contributed by atoms with E-state index in [1.165, 1.54) is 12.1 Å². The second kappa shape index (κ2) is 2.49. The number of aromatic hydroxyl groups is 1. The summed E-state index contributed by atoms with van der Waals surface area (Å²) < 4.78 is 12.7. The second-order valence-corrected chi connectivity index (χ2v) is 2.68. The molecule has 0 unspecified atom stereocenters. The Morgan fingerprint density at radius 3 is 2.85 bits per heavy atom. The molecule has 0 fully saturated rings. The fourth-order valence-electron chi connectivity index (χ4n) is 1.24. The molecule has 0 bridgehead atoms. The first-order valence-electron chi connectivity index (χ1n) is 3.62. The van der Waals surface area contributed by atoms with Gasteiger partial charge in [0.15, 0.2) is 0 Å². The fourth-order valence-corrected chi connectivity index (χ4v) is 1.24. The predicted molar refractivity (Wildman–Crippen MR) is 44.6 cm³/mol. The van der Waals surface area contributed by atoms with Gasteiger partial charge in [-0.2, -0.15) is 5.26 Å². The van der Waals surface area contributed by atoms with Crippen molar-refractivity contribution < 1.29 is 9.50 Å². The number of hydrogen-bond donors (Lipinski definition) is 2. The maximum absolute atomic E-state index is 12.7. The molecule has 1 heterocycles. The molecule has 0 aliphatic heterocycles. The lowest BCUT2D eigenvalue weighted by molar-refractivity contribution is 0.476. The van der Waals surface area contributed by atoms with Gasteiger partial charge in [0.2, 0.25) is 0 Å². The largest absolute Gasteiger partial charge is 0.507 e. The first-order chi connectivity index (χ1) is 6.20. The summed E-state index contributed by atoms with van der Waals surface area (Å²) in [5, 5.41) is 18.3. The SMILES string of the molecule is N#Cc1cc2c(O)cc(F)cc2[nH]1. The third-order valence-corrected chi connectivity index (χ3v) is 1.80. The van der Waals surface area contributed by atoms with Crippen LogP contribution in [0, 0.1) is 17.1 Å². The molecule has 2 aromatic rings. The van der Waals surface area contributed by atoms with E-state index >= 15 is 0 Å². The molecule has 0 amide bonds. The number of benzene rings is 1. The molecule has 13 heavy (non-hydrogen) atoms. The van der Waals surface area contributed by atoms with Crippen LogP contribution in [0.4, 0.5) is 4.39 Å². The van der Waals surface area contributed by atoms with E-state index in [9.17, 15) is 9.50 Å². The molecular formula is C9H5FN2O. The number of nitriles is 1. The number of hydrogen-bond acceptors (Lipinski definition) is 2. The molecule has 1 aromatic heterocycles.